The van der Waals surface area contributed by atoms with E-state index in [0.717, 1.165) is 27.9 Å². The van der Waals surface area contributed by atoms with Crippen LogP contribution in [-0.2, 0) is 17.7 Å². The van der Waals surface area contributed by atoms with Crippen molar-refractivity contribution in [2.24, 2.45) is 0 Å². The Kier molecular flexibility index (Phi) is 6.34. The molecule has 1 N–H and O–H groups in total. The smallest absolute Gasteiger partial charge is 0.439 e. The van der Waals surface area contributed by atoms with Crippen molar-refractivity contribution in [1.82, 2.24) is 30.0 Å². The number of esters is 1. The van der Waals surface area contributed by atoms with Crippen LogP contribution >= 0.6 is 0 Å². The first kappa shape index (κ1) is 25.4. The highest BCUT2D eigenvalue weighted by Gasteiger charge is 2.32. The Balaban J connectivity index is 1.21. The Morgan fingerprint density at radius 2 is 1.86 bits per heavy atom. The van der Waals surface area contributed by atoms with E-state index in [1.807, 2.05) is 66.1 Å². The fraction of sp³-hybridized carbons (Fsp3) is 0.200. The monoisotopic (exact) mass is 564 g/mol. The zero-order valence-electron chi connectivity index (χ0n) is 22.4. The summed E-state index contributed by atoms with van der Waals surface area (Å²) in [6, 6.07) is 21.3. The molecule has 42 heavy (non-hydrogen) atoms. The molecule has 1 aliphatic carbocycles. The van der Waals surface area contributed by atoms with Crippen LogP contribution < -0.4 is 10.5 Å². The second kappa shape index (κ2) is 10.5. The summed E-state index contributed by atoms with van der Waals surface area (Å²) < 4.78 is 23.1. The van der Waals surface area contributed by atoms with Gasteiger partial charge < -0.3 is 9.47 Å². The molecule has 0 saturated carbocycles. The van der Waals surface area contributed by atoms with Gasteiger partial charge in [-0.15, -0.1) is 0 Å². The molecular formula is C30H24N6O6. The molecule has 0 bridgehead atoms. The summed E-state index contributed by atoms with van der Waals surface area (Å²) >= 11 is 0. The highest BCUT2D eigenvalue weighted by Crippen LogP contribution is 2.34. The van der Waals surface area contributed by atoms with Gasteiger partial charge in [0.1, 0.15) is 17.5 Å². The van der Waals surface area contributed by atoms with Gasteiger partial charge in [0, 0.05) is 5.56 Å². The van der Waals surface area contributed by atoms with Gasteiger partial charge in [-0.1, -0.05) is 70.1 Å². The van der Waals surface area contributed by atoms with E-state index in [0.29, 0.717) is 60.1 Å². The van der Waals surface area contributed by atoms with Crippen LogP contribution in [0.25, 0.3) is 33.5 Å². The molecule has 0 saturated heterocycles. The molecule has 0 radical (unpaired) electrons. The van der Waals surface area contributed by atoms with E-state index in [1.54, 1.807) is 12.1 Å². The van der Waals surface area contributed by atoms with Gasteiger partial charge >= 0.3 is 11.7 Å². The van der Waals surface area contributed by atoms with Gasteiger partial charge in [-0.2, -0.15) is 4.98 Å². The average molecular weight is 565 g/mol. The molecule has 12 heteroatoms. The molecule has 0 aliphatic heterocycles. The predicted octanol–water partition coefficient (Wildman–Crippen LogP) is 4.72. The number of hydrogen-bond acceptors (Lipinski definition) is 10. The van der Waals surface area contributed by atoms with E-state index in [-0.39, 0.29) is 0 Å². The number of fused-ring (bicyclic) bond motifs is 2. The van der Waals surface area contributed by atoms with E-state index in [9.17, 15) is 9.59 Å². The molecule has 6 aromatic rings. The Bertz CT molecular complexity index is 1970. The summed E-state index contributed by atoms with van der Waals surface area (Å²) in [5.41, 5.74) is 6.43. The first-order valence-electron chi connectivity index (χ1n) is 13.5. The summed E-state index contributed by atoms with van der Waals surface area (Å²) in [5, 5.41) is 11.6. The molecule has 3 aromatic heterocycles. The Hall–Kier alpha value is -5.52. The first-order valence-corrected chi connectivity index (χ1v) is 13.5. The molecule has 1 atom stereocenters. The van der Waals surface area contributed by atoms with Crippen molar-refractivity contribution in [2.75, 3.05) is 6.61 Å². The quantitative estimate of drug-likeness (QED) is 0.257. The second-order valence-corrected chi connectivity index (χ2v) is 9.80. The molecule has 0 fully saturated rings. The lowest BCUT2D eigenvalue weighted by molar-refractivity contribution is 0.0283. The number of para-hydroxylation sites is 1. The van der Waals surface area contributed by atoms with Crippen LogP contribution in [0.2, 0.25) is 0 Å². The average Bonchev–Trinajstić information content (AvgIpc) is 3.80. The zero-order chi connectivity index (χ0) is 28.6. The summed E-state index contributed by atoms with van der Waals surface area (Å²) in [5.74, 6) is -0.735. The maximum absolute atomic E-state index is 13.5. The van der Waals surface area contributed by atoms with Gasteiger partial charge in [0.25, 0.3) is 6.01 Å². The third-order valence-electron chi connectivity index (χ3n) is 7.24. The highest BCUT2D eigenvalue weighted by molar-refractivity contribution is 6.02. The van der Waals surface area contributed by atoms with Crippen LogP contribution in [0.5, 0.6) is 6.01 Å². The first-order chi connectivity index (χ1) is 20.6. The van der Waals surface area contributed by atoms with Gasteiger partial charge in [0.05, 0.1) is 29.7 Å². The van der Waals surface area contributed by atoms with E-state index in [1.165, 1.54) is 0 Å². The van der Waals surface area contributed by atoms with Crippen LogP contribution in [0.4, 0.5) is 0 Å². The number of benzene rings is 3. The highest BCUT2D eigenvalue weighted by atomic mass is 16.6. The molecule has 1 unspecified atom stereocenters. The largest absolute Gasteiger partial charge is 0.465 e. The number of nitrogens with one attached hydrogen (secondary N) is 1. The summed E-state index contributed by atoms with van der Waals surface area (Å²) in [7, 11) is 0. The number of carbonyl (C=O) groups excluding carboxylic acids is 1. The molecule has 12 nitrogen and oxygen atoms in total. The second-order valence-electron chi connectivity index (χ2n) is 9.80. The molecule has 3 aromatic carbocycles. The number of aryl methyl sites for hydroxylation is 1. The van der Waals surface area contributed by atoms with Gasteiger partial charge in [-0.25, -0.2) is 14.2 Å². The van der Waals surface area contributed by atoms with Gasteiger partial charge in [-0.05, 0) is 48.6 Å². The molecule has 0 spiro atoms. The molecule has 1 aliphatic rings. The third kappa shape index (κ3) is 4.52. The minimum Gasteiger partial charge on any atom is -0.465 e. The van der Waals surface area contributed by atoms with Crippen molar-refractivity contribution in [3.8, 4) is 28.5 Å². The predicted molar refractivity (Wildman–Crippen MR) is 149 cm³/mol. The number of carbonyl (C=O) groups is 1. The van der Waals surface area contributed by atoms with Gasteiger partial charge in [-0.3, -0.25) is 14.1 Å². The van der Waals surface area contributed by atoms with Gasteiger partial charge in [0.15, 0.2) is 5.82 Å². The minimum absolute atomic E-state index is 0.360. The van der Waals surface area contributed by atoms with Crippen molar-refractivity contribution in [3.05, 3.63) is 99.8 Å². The van der Waals surface area contributed by atoms with E-state index >= 15 is 0 Å². The Labute approximate surface area is 237 Å². The van der Waals surface area contributed by atoms with Crippen molar-refractivity contribution < 1.29 is 23.4 Å². The molecule has 210 valence electrons. The van der Waals surface area contributed by atoms with Crippen LogP contribution in [0.15, 0.2) is 80.7 Å². The zero-order valence-corrected chi connectivity index (χ0v) is 22.4. The van der Waals surface area contributed by atoms with E-state index in [2.05, 4.69) is 25.4 Å². The SMILES string of the molecule is CCOc1nc2cccc(C(=O)OC3CCc4nonc43)c2n1Cc1ccc(-c2ccccc2-c2noc(=O)[nH]2)cc1. The molecular weight excluding hydrogens is 540 g/mol. The summed E-state index contributed by atoms with van der Waals surface area (Å²) in [4.78, 5) is 32.3. The molecule has 3 heterocycles. The van der Waals surface area contributed by atoms with Crippen molar-refractivity contribution >= 4 is 17.0 Å². The van der Waals surface area contributed by atoms with Crippen molar-refractivity contribution in [2.45, 2.75) is 32.4 Å². The number of H-pyrrole nitrogens is 1. The topological polar surface area (TPSA) is 151 Å². The fourth-order valence-electron chi connectivity index (χ4n) is 5.32. The van der Waals surface area contributed by atoms with Crippen molar-refractivity contribution in [1.29, 1.82) is 0 Å². The number of aromatic nitrogens is 6. The number of ether oxygens (including phenoxy) is 2. The van der Waals surface area contributed by atoms with E-state index in [4.69, 9.17) is 18.6 Å². The van der Waals surface area contributed by atoms with Crippen molar-refractivity contribution in [3.63, 3.8) is 0 Å². The lowest BCUT2D eigenvalue weighted by atomic mass is 9.98. The number of nitrogens with zero attached hydrogens (tertiary/aromatic N) is 5. The number of imidazole rings is 1. The lowest BCUT2D eigenvalue weighted by Crippen LogP contribution is -2.13. The number of rotatable bonds is 8. The summed E-state index contributed by atoms with van der Waals surface area (Å²) in [6.07, 6.45) is 0.737. The Morgan fingerprint density at radius 3 is 2.64 bits per heavy atom. The maximum atomic E-state index is 13.5. The van der Waals surface area contributed by atoms with Crippen LogP contribution in [-0.4, -0.2) is 42.6 Å². The third-order valence-corrected chi connectivity index (χ3v) is 7.24. The summed E-state index contributed by atoms with van der Waals surface area (Å²) in [6.45, 7) is 2.69. The van der Waals surface area contributed by atoms with Crippen LogP contribution in [0, 0.1) is 0 Å². The van der Waals surface area contributed by atoms with Gasteiger partial charge in [0.2, 0.25) is 0 Å². The van der Waals surface area contributed by atoms with E-state index < -0.39 is 17.8 Å². The van der Waals surface area contributed by atoms with Crippen LogP contribution in [0.3, 0.4) is 0 Å². The molecule has 7 rings (SSSR count). The fourth-order valence-corrected chi connectivity index (χ4v) is 5.32. The van der Waals surface area contributed by atoms with Crippen LogP contribution in [0.1, 0.15) is 46.8 Å². The number of aromatic amines is 1. The Morgan fingerprint density at radius 1 is 1.02 bits per heavy atom. The maximum Gasteiger partial charge on any atom is 0.439 e. The standard InChI is InChI=1S/C30H24N6O6/c1-2-39-29-31-23-9-5-8-21(28(37)40-24-15-14-22-25(24)34-42-33-22)26(23)36(29)16-17-10-12-18(13-11-17)19-6-3-4-7-20(19)27-32-30(38)41-35-27/h3-13,24H,2,14-16H2,1H3,(H,32,35,38). The number of hydrogen-bond donors (Lipinski definition) is 1. The molecule has 0 amide bonds. The lowest BCUT2D eigenvalue weighted by Gasteiger charge is -2.14. The minimum atomic E-state index is -0.612. The normalized spacial score (nSPS) is 14.3.